The van der Waals surface area contributed by atoms with Gasteiger partial charge in [0.25, 0.3) is 5.91 Å². The molecule has 3 heterocycles. The summed E-state index contributed by atoms with van der Waals surface area (Å²) in [5.41, 5.74) is 1.04. The first-order valence-corrected chi connectivity index (χ1v) is 10.5. The first-order valence-electron chi connectivity index (χ1n) is 9.64. The molecule has 3 aromatic rings. The maximum atomic E-state index is 12.7. The minimum atomic E-state index is -0.183. The van der Waals surface area contributed by atoms with Crippen molar-refractivity contribution >= 4 is 23.2 Å². The Balaban J connectivity index is 1.33. The van der Waals surface area contributed by atoms with Gasteiger partial charge in [0.1, 0.15) is 5.76 Å². The highest BCUT2D eigenvalue weighted by Gasteiger charge is 2.26. The van der Waals surface area contributed by atoms with Crippen molar-refractivity contribution in [2.24, 2.45) is 0 Å². The van der Waals surface area contributed by atoms with Crippen LogP contribution < -0.4 is 5.32 Å². The maximum absolute atomic E-state index is 12.7. The molecule has 1 aromatic carbocycles. The van der Waals surface area contributed by atoms with E-state index in [1.54, 1.807) is 6.26 Å². The number of rotatable bonds is 6. The van der Waals surface area contributed by atoms with Gasteiger partial charge in [-0.3, -0.25) is 14.9 Å². The van der Waals surface area contributed by atoms with Crippen molar-refractivity contribution < 1.29 is 14.0 Å². The van der Waals surface area contributed by atoms with Gasteiger partial charge in [-0.25, -0.2) is 0 Å². The Kier molecular flexibility index (Phi) is 6.07. The number of benzene rings is 1. The molecule has 1 fully saturated rings. The van der Waals surface area contributed by atoms with Crippen LogP contribution in [0.15, 0.2) is 70.7 Å². The summed E-state index contributed by atoms with van der Waals surface area (Å²) < 4.78 is 5.57. The van der Waals surface area contributed by atoms with Gasteiger partial charge in [0.2, 0.25) is 5.91 Å². The van der Waals surface area contributed by atoms with Crippen molar-refractivity contribution in [1.82, 2.24) is 15.1 Å². The molecule has 0 unspecified atom stereocenters. The lowest BCUT2D eigenvalue weighted by Crippen LogP contribution is -2.52. The predicted molar refractivity (Wildman–Crippen MR) is 112 cm³/mol. The van der Waals surface area contributed by atoms with E-state index in [1.165, 1.54) is 11.3 Å². The van der Waals surface area contributed by atoms with Crippen molar-refractivity contribution in [2.45, 2.75) is 6.04 Å². The van der Waals surface area contributed by atoms with Crippen LogP contribution in [0, 0.1) is 0 Å². The molecule has 4 rings (SSSR count). The molecule has 0 radical (unpaired) electrons. The highest BCUT2D eigenvalue weighted by Crippen LogP contribution is 2.22. The van der Waals surface area contributed by atoms with E-state index in [9.17, 15) is 9.59 Å². The second kappa shape index (κ2) is 9.07. The number of nitrogens with zero attached hydrogens (tertiary/aromatic N) is 2. The zero-order valence-corrected chi connectivity index (χ0v) is 16.8. The Morgan fingerprint density at radius 2 is 1.72 bits per heavy atom. The summed E-state index contributed by atoms with van der Waals surface area (Å²) in [6.45, 7) is 2.42. The number of carbonyl (C=O) groups is 2. The lowest BCUT2D eigenvalue weighted by atomic mass is 10.0. The Morgan fingerprint density at radius 1 is 0.966 bits per heavy atom. The zero-order valence-electron chi connectivity index (χ0n) is 16.0. The quantitative estimate of drug-likeness (QED) is 0.680. The molecular formula is C22H23N3O3S. The number of nitrogens with one attached hydrogen (secondary N) is 1. The van der Waals surface area contributed by atoms with Crippen molar-refractivity contribution in [3.05, 3.63) is 82.4 Å². The van der Waals surface area contributed by atoms with Gasteiger partial charge >= 0.3 is 0 Å². The van der Waals surface area contributed by atoms with Gasteiger partial charge < -0.3 is 14.2 Å². The molecule has 1 aliphatic rings. The van der Waals surface area contributed by atoms with Gasteiger partial charge in [0.15, 0.2) is 0 Å². The molecule has 0 bridgehead atoms. The number of piperazine rings is 1. The first-order chi connectivity index (χ1) is 14.2. The molecule has 0 aliphatic carbocycles. The molecule has 2 aromatic heterocycles. The molecule has 7 heteroatoms. The highest BCUT2D eigenvalue weighted by molar-refractivity contribution is 7.12. The van der Waals surface area contributed by atoms with Crippen LogP contribution in [0.1, 0.15) is 27.0 Å². The molecule has 0 spiro atoms. The van der Waals surface area contributed by atoms with Crippen molar-refractivity contribution in [1.29, 1.82) is 0 Å². The maximum Gasteiger partial charge on any atom is 0.264 e. The number of furan rings is 1. The Labute approximate surface area is 173 Å². The van der Waals surface area contributed by atoms with Crippen LogP contribution in [0.3, 0.4) is 0 Å². The van der Waals surface area contributed by atoms with E-state index < -0.39 is 0 Å². The van der Waals surface area contributed by atoms with E-state index >= 15 is 0 Å². The normalized spacial score (nSPS) is 15.3. The third-order valence-electron chi connectivity index (χ3n) is 5.07. The van der Waals surface area contributed by atoms with Crippen LogP contribution >= 0.6 is 11.3 Å². The number of carbonyl (C=O) groups excluding carboxylic acids is 2. The summed E-state index contributed by atoms with van der Waals surface area (Å²) in [4.78, 5) is 29.6. The molecule has 1 aliphatic heterocycles. The number of hydrogen-bond acceptors (Lipinski definition) is 5. The fourth-order valence-corrected chi connectivity index (χ4v) is 4.19. The minimum Gasteiger partial charge on any atom is -0.467 e. The lowest BCUT2D eigenvalue weighted by molar-refractivity contribution is -0.131. The summed E-state index contributed by atoms with van der Waals surface area (Å²) >= 11 is 1.45. The summed E-state index contributed by atoms with van der Waals surface area (Å²) in [5.74, 6) is 0.850. The predicted octanol–water partition coefficient (Wildman–Crippen LogP) is 3.00. The van der Waals surface area contributed by atoms with E-state index in [2.05, 4.69) is 5.32 Å². The number of hydrogen-bond donors (Lipinski definition) is 1. The standard InChI is InChI=1S/C22H23N3O3S/c26-20(24-10-12-25(13-11-24)22(27)19-9-5-15-29-19)16-23-21(18-8-4-14-28-18)17-6-2-1-3-7-17/h1-9,14-15,21,23H,10-13,16H2/t21-/m0/s1. The Morgan fingerprint density at radius 3 is 2.38 bits per heavy atom. The highest BCUT2D eigenvalue weighted by atomic mass is 32.1. The molecule has 0 saturated carbocycles. The van der Waals surface area contributed by atoms with E-state index in [4.69, 9.17) is 4.42 Å². The van der Waals surface area contributed by atoms with E-state index in [-0.39, 0.29) is 24.4 Å². The Bertz CT molecular complexity index is 918. The zero-order chi connectivity index (χ0) is 20.1. The smallest absolute Gasteiger partial charge is 0.264 e. The van der Waals surface area contributed by atoms with E-state index in [0.717, 1.165) is 16.2 Å². The van der Waals surface area contributed by atoms with Gasteiger partial charge in [-0.05, 0) is 29.1 Å². The van der Waals surface area contributed by atoms with Crippen LogP contribution in [0.2, 0.25) is 0 Å². The van der Waals surface area contributed by atoms with Crippen LogP contribution in [-0.2, 0) is 4.79 Å². The van der Waals surface area contributed by atoms with E-state index in [1.807, 2.05) is 69.8 Å². The molecule has 1 N–H and O–H groups in total. The monoisotopic (exact) mass is 409 g/mol. The van der Waals surface area contributed by atoms with Crippen molar-refractivity contribution in [3.8, 4) is 0 Å². The molecule has 2 amide bonds. The Hall–Kier alpha value is -2.90. The van der Waals surface area contributed by atoms with Crippen LogP contribution in [0.25, 0.3) is 0 Å². The first kappa shape index (κ1) is 19.4. The average molecular weight is 410 g/mol. The third kappa shape index (κ3) is 4.58. The minimum absolute atomic E-state index is 0.0284. The number of amides is 2. The summed E-state index contributed by atoms with van der Waals surface area (Å²) in [7, 11) is 0. The van der Waals surface area contributed by atoms with Crippen LogP contribution in [-0.4, -0.2) is 54.3 Å². The summed E-state index contributed by atoms with van der Waals surface area (Å²) in [6.07, 6.45) is 1.64. The lowest BCUT2D eigenvalue weighted by Gasteiger charge is -2.35. The van der Waals surface area contributed by atoms with Crippen molar-refractivity contribution in [2.75, 3.05) is 32.7 Å². The molecule has 1 saturated heterocycles. The average Bonchev–Trinajstić information content (AvgIpc) is 3.49. The van der Waals surface area contributed by atoms with Crippen LogP contribution in [0.5, 0.6) is 0 Å². The molecular weight excluding hydrogens is 386 g/mol. The second-order valence-electron chi connectivity index (χ2n) is 6.89. The fraction of sp³-hybridized carbons (Fsp3) is 0.273. The van der Waals surface area contributed by atoms with Gasteiger partial charge in [-0.15, -0.1) is 11.3 Å². The van der Waals surface area contributed by atoms with Gasteiger partial charge in [-0.2, -0.15) is 0 Å². The SMILES string of the molecule is O=C(CN[C@@H](c1ccccc1)c1ccco1)N1CCN(C(=O)c2cccs2)CC1. The number of thiophene rings is 1. The summed E-state index contributed by atoms with van der Waals surface area (Å²) in [6, 6.07) is 17.2. The van der Waals surface area contributed by atoms with E-state index in [0.29, 0.717) is 26.2 Å². The summed E-state index contributed by atoms with van der Waals surface area (Å²) in [5, 5.41) is 5.23. The van der Waals surface area contributed by atoms with Gasteiger partial charge in [-0.1, -0.05) is 36.4 Å². The molecule has 6 nitrogen and oxygen atoms in total. The topological polar surface area (TPSA) is 65.8 Å². The third-order valence-corrected chi connectivity index (χ3v) is 5.93. The molecule has 29 heavy (non-hydrogen) atoms. The molecule has 150 valence electrons. The largest absolute Gasteiger partial charge is 0.467 e. The second-order valence-corrected chi connectivity index (χ2v) is 7.84. The van der Waals surface area contributed by atoms with Crippen LogP contribution in [0.4, 0.5) is 0 Å². The fourth-order valence-electron chi connectivity index (χ4n) is 3.50. The van der Waals surface area contributed by atoms with Crippen molar-refractivity contribution in [3.63, 3.8) is 0 Å². The van der Waals surface area contributed by atoms with Gasteiger partial charge in [0.05, 0.1) is 23.7 Å². The van der Waals surface area contributed by atoms with Gasteiger partial charge in [0, 0.05) is 26.2 Å². The molecule has 1 atom stereocenters.